The summed E-state index contributed by atoms with van der Waals surface area (Å²) in [6, 6.07) is 0. The van der Waals surface area contributed by atoms with Crippen molar-refractivity contribution in [1.82, 2.24) is 15.5 Å². The number of nitrogens with one attached hydrogen (secondary N) is 2. The summed E-state index contributed by atoms with van der Waals surface area (Å²) in [4.78, 5) is 11.8. The van der Waals surface area contributed by atoms with Gasteiger partial charge in [-0.3, -0.25) is 9.89 Å². The molecule has 1 aromatic heterocycles. The summed E-state index contributed by atoms with van der Waals surface area (Å²) < 4.78 is 23.3. The number of aromatic amines is 1. The van der Waals surface area contributed by atoms with Gasteiger partial charge in [-0.2, -0.15) is 5.10 Å². The molecule has 6 nitrogen and oxygen atoms in total. The first kappa shape index (κ1) is 14.3. The number of hydrogen-bond acceptors (Lipinski definition) is 4. The van der Waals surface area contributed by atoms with Gasteiger partial charge < -0.3 is 5.32 Å². The van der Waals surface area contributed by atoms with Crippen LogP contribution in [0.15, 0.2) is 4.90 Å². The average molecular weight is 306 g/mol. The molecule has 0 atom stereocenters. The van der Waals surface area contributed by atoms with Gasteiger partial charge in [-0.05, 0) is 18.8 Å². The number of rotatable bonds is 5. The number of aromatic nitrogens is 2. The zero-order chi connectivity index (χ0) is 14.2. The summed E-state index contributed by atoms with van der Waals surface area (Å²) in [5, 5.41) is 9.10. The van der Waals surface area contributed by atoms with Crippen LogP contribution in [0, 0.1) is 5.92 Å². The van der Waals surface area contributed by atoms with Crippen LogP contribution < -0.4 is 5.32 Å². The fourth-order valence-corrected chi connectivity index (χ4v) is 3.09. The van der Waals surface area contributed by atoms with Crippen molar-refractivity contribution in [3.63, 3.8) is 0 Å². The third-order valence-electron chi connectivity index (χ3n) is 2.86. The Morgan fingerprint density at radius 2 is 2.16 bits per heavy atom. The van der Waals surface area contributed by atoms with E-state index < -0.39 is 15.0 Å². The zero-order valence-corrected chi connectivity index (χ0v) is 12.3. The fraction of sp³-hybridized carbons (Fsp3) is 0.636. The van der Waals surface area contributed by atoms with Crippen molar-refractivity contribution < 1.29 is 13.2 Å². The maximum Gasteiger partial charge on any atom is 0.273 e. The smallest absolute Gasteiger partial charge is 0.273 e. The van der Waals surface area contributed by atoms with E-state index in [-0.39, 0.29) is 22.4 Å². The van der Waals surface area contributed by atoms with Crippen LogP contribution in [-0.2, 0) is 9.05 Å². The van der Waals surface area contributed by atoms with E-state index in [0.29, 0.717) is 12.2 Å². The van der Waals surface area contributed by atoms with Crippen molar-refractivity contribution in [3.8, 4) is 0 Å². The van der Waals surface area contributed by atoms with Crippen LogP contribution in [0.3, 0.4) is 0 Å². The molecule has 0 saturated heterocycles. The Kier molecular flexibility index (Phi) is 3.87. The molecule has 1 aliphatic rings. The van der Waals surface area contributed by atoms with Crippen molar-refractivity contribution in [2.75, 3.05) is 6.54 Å². The molecule has 0 spiro atoms. The lowest BCUT2D eigenvalue weighted by atomic mass is 10.2. The Labute approximate surface area is 116 Å². The first-order chi connectivity index (χ1) is 8.80. The summed E-state index contributed by atoms with van der Waals surface area (Å²) in [6.07, 6.45) is 1.77. The highest BCUT2D eigenvalue weighted by molar-refractivity contribution is 8.13. The van der Waals surface area contributed by atoms with Crippen LogP contribution in [0.4, 0.5) is 0 Å². The van der Waals surface area contributed by atoms with E-state index in [1.807, 2.05) is 13.8 Å². The molecule has 1 saturated carbocycles. The Balaban J connectivity index is 2.32. The molecule has 1 aromatic rings. The standard InChI is InChI=1S/C11H16ClN3O3S/c1-6(2)5-13-11(16)9-10(19(12,17)18)8(14-15-9)7-3-4-7/h6-7H,3-5H2,1-2H3,(H,13,16)(H,14,15). The maximum absolute atomic E-state index is 12.0. The van der Waals surface area contributed by atoms with Crippen molar-refractivity contribution >= 4 is 25.6 Å². The highest BCUT2D eigenvalue weighted by atomic mass is 35.7. The molecule has 1 amide bonds. The van der Waals surface area contributed by atoms with E-state index >= 15 is 0 Å². The van der Waals surface area contributed by atoms with Crippen molar-refractivity contribution in [3.05, 3.63) is 11.4 Å². The number of H-pyrrole nitrogens is 1. The van der Waals surface area contributed by atoms with E-state index in [0.717, 1.165) is 12.8 Å². The third kappa shape index (κ3) is 3.27. The van der Waals surface area contributed by atoms with Crippen LogP contribution in [-0.4, -0.2) is 31.1 Å². The van der Waals surface area contributed by atoms with E-state index in [9.17, 15) is 13.2 Å². The van der Waals surface area contributed by atoms with Gasteiger partial charge >= 0.3 is 0 Å². The summed E-state index contributed by atoms with van der Waals surface area (Å²) in [5.74, 6) is -0.138. The molecule has 1 heterocycles. The average Bonchev–Trinajstić information content (AvgIpc) is 3.03. The van der Waals surface area contributed by atoms with Crippen molar-refractivity contribution in [2.24, 2.45) is 5.92 Å². The Morgan fingerprint density at radius 3 is 2.63 bits per heavy atom. The maximum atomic E-state index is 12.0. The second-order valence-electron chi connectivity index (χ2n) is 5.13. The van der Waals surface area contributed by atoms with Gasteiger partial charge in [0, 0.05) is 23.1 Å². The molecule has 0 aliphatic heterocycles. The van der Waals surface area contributed by atoms with Crippen LogP contribution in [0.5, 0.6) is 0 Å². The molecule has 0 aromatic carbocycles. The SMILES string of the molecule is CC(C)CNC(=O)c1n[nH]c(C2CC2)c1S(=O)(=O)Cl. The normalized spacial score (nSPS) is 15.8. The first-order valence-corrected chi connectivity index (χ1v) is 8.42. The predicted molar refractivity (Wildman–Crippen MR) is 70.8 cm³/mol. The van der Waals surface area contributed by atoms with Crippen LogP contribution >= 0.6 is 10.7 Å². The Bertz CT molecular complexity index is 590. The molecular formula is C11H16ClN3O3S. The molecule has 0 radical (unpaired) electrons. The van der Waals surface area contributed by atoms with Crippen molar-refractivity contribution in [2.45, 2.75) is 37.5 Å². The highest BCUT2D eigenvalue weighted by Gasteiger charge is 2.36. The number of nitrogens with zero attached hydrogens (tertiary/aromatic N) is 1. The van der Waals surface area contributed by atoms with Gasteiger partial charge in [-0.15, -0.1) is 0 Å². The number of halogens is 1. The van der Waals surface area contributed by atoms with Crippen molar-refractivity contribution in [1.29, 1.82) is 0 Å². The number of hydrogen-bond donors (Lipinski definition) is 2. The molecule has 1 fully saturated rings. The summed E-state index contributed by atoms with van der Waals surface area (Å²) in [7, 11) is 1.43. The molecule has 106 valence electrons. The second-order valence-corrected chi connectivity index (χ2v) is 7.63. The summed E-state index contributed by atoms with van der Waals surface area (Å²) >= 11 is 0. The van der Waals surface area contributed by atoms with Gasteiger partial charge in [-0.25, -0.2) is 8.42 Å². The largest absolute Gasteiger partial charge is 0.350 e. The van der Waals surface area contributed by atoms with Crippen LogP contribution in [0.1, 0.15) is 48.8 Å². The highest BCUT2D eigenvalue weighted by Crippen LogP contribution is 2.43. The lowest BCUT2D eigenvalue weighted by molar-refractivity contribution is 0.0940. The van der Waals surface area contributed by atoms with E-state index in [2.05, 4.69) is 15.5 Å². The van der Waals surface area contributed by atoms with E-state index in [1.54, 1.807) is 0 Å². The van der Waals surface area contributed by atoms with Gasteiger partial charge in [-0.1, -0.05) is 13.8 Å². The van der Waals surface area contributed by atoms with Gasteiger partial charge in [0.15, 0.2) is 5.69 Å². The lowest BCUT2D eigenvalue weighted by Crippen LogP contribution is -2.28. The zero-order valence-electron chi connectivity index (χ0n) is 10.7. The quantitative estimate of drug-likeness (QED) is 0.808. The molecule has 0 bridgehead atoms. The number of carbonyl (C=O) groups excluding carboxylic acids is 1. The molecular weight excluding hydrogens is 290 g/mol. The third-order valence-corrected chi connectivity index (χ3v) is 4.23. The molecule has 0 unspecified atom stereocenters. The minimum atomic E-state index is -3.99. The van der Waals surface area contributed by atoms with Gasteiger partial charge in [0.2, 0.25) is 0 Å². The Hall–Kier alpha value is -1.08. The monoisotopic (exact) mass is 305 g/mol. The van der Waals surface area contributed by atoms with Gasteiger partial charge in [0.25, 0.3) is 15.0 Å². The molecule has 2 rings (SSSR count). The van der Waals surface area contributed by atoms with Gasteiger partial charge in [0.1, 0.15) is 4.90 Å². The lowest BCUT2D eigenvalue weighted by Gasteiger charge is -2.06. The number of amides is 1. The minimum Gasteiger partial charge on any atom is -0.350 e. The minimum absolute atomic E-state index is 0.114. The molecule has 19 heavy (non-hydrogen) atoms. The topological polar surface area (TPSA) is 91.9 Å². The van der Waals surface area contributed by atoms with Crippen LogP contribution in [0.2, 0.25) is 0 Å². The van der Waals surface area contributed by atoms with Crippen LogP contribution in [0.25, 0.3) is 0 Å². The molecule has 1 aliphatic carbocycles. The predicted octanol–water partition coefficient (Wildman–Crippen LogP) is 1.60. The van der Waals surface area contributed by atoms with E-state index in [4.69, 9.17) is 10.7 Å². The first-order valence-electron chi connectivity index (χ1n) is 6.11. The van der Waals surface area contributed by atoms with E-state index in [1.165, 1.54) is 0 Å². The second kappa shape index (κ2) is 5.13. The Morgan fingerprint density at radius 1 is 1.53 bits per heavy atom. The van der Waals surface area contributed by atoms with Gasteiger partial charge in [0.05, 0.1) is 5.69 Å². The molecule has 8 heteroatoms. The fourth-order valence-electron chi connectivity index (χ4n) is 1.78. The molecule has 2 N–H and O–H groups in total. The summed E-state index contributed by atoms with van der Waals surface area (Å²) in [5.41, 5.74) is 0.308. The number of carbonyl (C=O) groups is 1. The summed E-state index contributed by atoms with van der Waals surface area (Å²) in [6.45, 7) is 4.34.